The van der Waals surface area contributed by atoms with Crippen LogP contribution in [0.5, 0.6) is 0 Å². The van der Waals surface area contributed by atoms with Crippen LogP contribution in [-0.2, 0) is 10.0 Å². The van der Waals surface area contributed by atoms with Gasteiger partial charge in [-0.15, -0.1) is 0 Å². The Bertz CT molecular complexity index is 1050. The fourth-order valence-corrected chi connectivity index (χ4v) is 5.86. The number of hydrogen-bond acceptors (Lipinski definition) is 5. The van der Waals surface area contributed by atoms with E-state index < -0.39 is 15.8 Å². The molecule has 7 nitrogen and oxygen atoms in total. The Morgan fingerprint density at radius 3 is 2.47 bits per heavy atom. The zero-order valence-electron chi connectivity index (χ0n) is 17.1. The Kier molecular flexibility index (Phi) is 6.04. The minimum Gasteiger partial charge on any atom is -0.310 e. The van der Waals surface area contributed by atoms with Crippen LogP contribution in [0.15, 0.2) is 40.0 Å². The topological polar surface area (TPSA) is 86.4 Å². The number of aromatic amines is 1. The summed E-state index contributed by atoms with van der Waals surface area (Å²) in [6, 6.07) is 6.38. The summed E-state index contributed by atoms with van der Waals surface area (Å²) in [6.07, 6.45) is 3.35. The van der Waals surface area contributed by atoms with E-state index in [0.717, 1.165) is 44.5 Å². The van der Waals surface area contributed by atoms with Crippen LogP contribution >= 0.6 is 0 Å². The average Bonchev–Trinajstić information content (AvgIpc) is 2.74. The molecule has 0 bridgehead atoms. The summed E-state index contributed by atoms with van der Waals surface area (Å²) in [5.41, 5.74) is 0.471. The lowest BCUT2D eigenvalue weighted by molar-refractivity contribution is 0.250. The lowest BCUT2D eigenvalue weighted by Crippen LogP contribution is -2.39. The molecule has 2 aliphatic heterocycles. The Morgan fingerprint density at radius 2 is 1.77 bits per heavy atom. The van der Waals surface area contributed by atoms with Gasteiger partial charge in [0.2, 0.25) is 10.0 Å². The number of sulfonamides is 1. The van der Waals surface area contributed by atoms with Crippen molar-refractivity contribution in [1.82, 2.24) is 19.2 Å². The van der Waals surface area contributed by atoms with Gasteiger partial charge in [-0.05, 0) is 70.1 Å². The van der Waals surface area contributed by atoms with E-state index in [1.54, 1.807) is 0 Å². The van der Waals surface area contributed by atoms with Gasteiger partial charge >= 0.3 is 0 Å². The molecule has 0 saturated carbocycles. The number of H-pyrrole nitrogens is 1. The Hall–Kier alpha value is -2.10. The number of benzene rings is 1. The smallest absolute Gasteiger partial charge is 0.251 e. The third kappa shape index (κ3) is 4.48. The summed E-state index contributed by atoms with van der Waals surface area (Å²) in [6.45, 7) is 2.60. The zero-order chi connectivity index (χ0) is 21.3. The first-order valence-corrected chi connectivity index (χ1v) is 11.8. The minimum absolute atomic E-state index is 0.0791. The van der Waals surface area contributed by atoms with Crippen LogP contribution in [0, 0.1) is 5.82 Å². The molecule has 162 valence electrons. The van der Waals surface area contributed by atoms with Crippen LogP contribution in [0.1, 0.15) is 49.0 Å². The third-order valence-corrected chi connectivity index (χ3v) is 8.02. The zero-order valence-corrected chi connectivity index (χ0v) is 17.9. The van der Waals surface area contributed by atoms with Gasteiger partial charge in [0.25, 0.3) is 5.56 Å². The summed E-state index contributed by atoms with van der Waals surface area (Å²) < 4.78 is 40.6. The van der Waals surface area contributed by atoms with Crippen molar-refractivity contribution in [2.24, 2.45) is 0 Å². The molecule has 1 aromatic heterocycles. The molecule has 2 aromatic rings. The molecular formula is C21H27FN4O3S. The minimum atomic E-state index is -3.72. The molecule has 0 spiro atoms. The van der Waals surface area contributed by atoms with E-state index in [0.29, 0.717) is 24.5 Å². The molecular weight excluding hydrogens is 407 g/mol. The molecule has 2 saturated heterocycles. The molecule has 0 radical (unpaired) electrons. The van der Waals surface area contributed by atoms with Gasteiger partial charge < -0.3 is 9.88 Å². The second kappa shape index (κ2) is 8.56. The van der Waals surface area contributed by atoms with Gasteiger partial charge in [0, 0.05) is 31.0 Å². The molecule has 4 rings (SSSR count). The van der Waals surface area contributed by atoms with Crippen molar-refractivity contribution in [2.75, 3.05) is 33.2 Å². The number of hydrogen-bond donors (Lipinski definition) is 1. The van der Waals surface area contributed by atoms with Crippen LogP contribution in [0.2, 0.25) is 0 Å². The van der Waals surface area contributed by atoms with Crippen LogP contribution in [-0.4, -0.2) is 60.8 Å². The lowest BCUT2D eigenvalue weighted by atomic mass is 9.94. The maximum atomic E-state index is 13.2. The largest absolute Gasteiger partial charge is 0.310 e. The summed E-state index contributed by atoms with van der Waals surface area (Å²) in [5.74, 6) is 0.321. The number of aromatic nitrogens is 2. The van der Waals surface area contributed by atoms with Gasteiger partial charge in [-0.2, -0.15) is 4.31 Å². The summed E-state index contributed by atoms with van der Waals surface area (Å²) in [5, 5.41) is 0. The number of piperidine rings is 2. The van der Waals surface area contributed by atoms with E-state index in [1.165, 1.54) is 22.5 Å². The van der Waals surface area contributed by atoms with Crippen molar-refractivity contribution >= 4 is 10.0 Å². The Morgan fingerprint density at radius 1 is 1.07 bits per heavy atom. The molecule has 30 heavy (non-hydrogen) atoms. The average molecular weight is 435 g/mol. The highest BCUT2D eigenvalue weighted by Crippen LogP contribution is 2.30. The maximum absolute atomic E-state index is 13.2. The predicted molar refractivity (Wildman–Crippen MR) is 111 cm³/mol. The fourth-order valence-electron chi connectivity index (χ4n) is 4.34. The van der Waals surface area contributed by atoms with Crippen LogP contribution in [0.3, 0.4) is 0 Å². The highest BCUT2D eigenvalue weighted by Gasteiger charge is 2.32. The molecule has 1 unspecified atom stereocenters. The standard InChI is InChI=1S/C21H27FN4O3S/c1-25-11-8-15(9-12-25)21-23-19(13-20(27)24-21)16-3-2-10-26(14-16)30(28,29)18-6-4-17(22)5-7-18/h4-7,13,15-16H,2-3,8-12,14H2,1H3,(H,23,24,27). The van der Waals surface area contributed by atoms with E-state index in [1.807, 2.05) is 0 Å². The predicted octanol–water partition coefficient (Wildman–Crippen LogP) is 2.29. The quantitative estimate of drug-likeness (QED) is 0.798. The van der Waals surface area contributed by atoms with Gasteiger partial charge in [0.15, 0.2) is 0 Å². The van der Waals surface area contributed by atoms with Gasteiger partial charge in [-0.3, -0.25) is 4.79 Å². The molecule has 0 amide bonds. The van der Waals surface area contributed by atoms with E-state index >= 15 is 0 Å². The highest BCUT2D eigenvalue weighted by atomic mass is 32.2. The van der Waals surface area contributed by atoms with Crippen molar-refractivity contribution in [2.45, 2.75) is 42.4 Å². The fraction of sp³-hybridized carbons (Fsp3) is 0.524. The summed E-state index contributed by atoms with van der Waals surface area (Å²) >= 11 is 0. The third-order valence-electron chi connectivity index (χ3n) is 6.14. The normalized spacial score (nSPS) is 22.3. The maximum Gasteiger partial charge on any atom is 0.251 e. The SMILES string of the molecule is CN1CCC(c2nc(C3CCCN(S(=O)(=O)c4ccc(F)cc4)C3)cc(=O)[nH]2)CC1. The van der Waals surface area contributed by atoms with E-state index in [2.05, 4.69) is 16.9 Å². The van der Waals surface area contributed by atoms with Gasteiger partial charge in [-0.25, -0.2) is 17.8 Å². The Balaban J connectivity index is 1.56. The summed E-state index contributed by atoms with van der Waals surface area (Å²) in [7, 11) is -1.63. The lowest BCUT2D eigenvalue weighted by Gasteiger charge is -2.32. The monoisotopic (exact) mass is 434 g/mol. The molecule has 2 aliphatic rings. The molecule has 9 heteroatoms. The van der Waals surface area contributed by atoms with Crippen LogP contribution in [0.25, 0.3) is 0 Å². The van der Waals surface area contributed by atoms with Crippen molar-refractivity contribution < 1.29 is 12.8 Å². The molecule has 3 heterocycles. The first kappa shape index (κ1) is 21.1. The number of nitrogens with one attached hydrogen (secondary N) is 1. The van der Waals surface area contributed by atoms with Crippen molar-refractivity contribution in [3.63, 3.8) is 0 Å². The van der Waals surface area contributed by atoms with Crippen LogP contribution in [0.4, 0.5) is 4.39 Å². The first-order chi connectivity index (χ1) is 14.3. The number of rotatable bonds is 4. The summed E-state index contributed by atoms with van der Waals surface area (Å²) in [4.78, 5) is 22.3. The highest BCUT2D eigenvalue weighted by molar-refractivity contribution is 7.89. The second-order valence-electron chi connectivity index (χ2n) is 8.29. The second-order valence-corrected chi connectivity index (χ2v) is 10.2. The van der Waals surface area contributed by atoms with E-state index in [-0.39, 0.29) is 28.8 Å². The van der Waals surface area contributed by atoms with Gasteiger partial charge in [-0.1, -0.05) is 0 Å². The van der Waals surface area contributed by atoms with E-state index in [9.17, 15) is 17.6 Å². The number of halogens is 1. The molecule has 2 fully saturated rings. The molecule has 1 atom stereocenters. The van der Waals surface area contributed by atoms with Gasteiger partial charge in [0.05, 0.1) is 10.6 Å². The van der Waals surface area contributed by atoms with E-state index in [4.69, 9.17) is 4.98 Å². The first-order valence-electron chi connectivity index (χ1n) is 10.4. The molecule has 1 N–H and O–H groups in total. The molecule has 0 aliphatic carbocycles. The van der Waals surface area contributed by atoms with Crippen molar-refractivity contribution in [3.05, 3.63) is 58.0 Å². The Labute approximate surface area is 176 Å². The number of nitrogens with zero attached hydrogens (tertiary/aromatic N) is 3. The van der Waals surface area contributed by atoms with Crippen LogP contribution < -0.4 is 5.56 Å². The van der Waals surface area contributed by atoms with Crippen molar-refractivity contribution in [3.8, 4) is 0 Å². The van der Waals surface area contributed by atoms with Gasteiger partial charge in [0.1, 0.15) is 11.6 Å². The number of likely N-dealkylation sites (tertiary alicyclic amines) is 1. The molecule has 1 aromatic carbocycles. The van der Waals surface area contributed by atoms with Crippen molar-refractivity contribution in [1.29, 1.82) is 0 Å².